The molecule has 0 spiro atoms. The molecule has 4 nitrogen and oxygen atoms in total. The van der Waals surface area contributed by atoms with Crippen molar-refractivity contribution in [2.24, 2.45) is 0 Å². The van der Waals surface area contributed by atoms with Gasteiger partial charge in [0.1, 0.15) is 0 Å². The number of aromatic nitrogens is 2. The van der Waals surface area contributed by atoms with E-state index in [-0.39, 0.29) is 0 Å². The third-order valence-corrected chi connectivity index (χ3v) is 4.21. The minimum atomic E-state index is 0.541. The van der Waals surface area contributed by atoms with Crippen molar-refractivity contribution in [3.8, 4) is 17.5 Å². The van der Waals surface area contributed by atoms with Gasteiger partial charge >= 0.3 is 0 Å². The van der Waals surface area contributed by atoms with Crippen molar-refractivity contribution < 1.29 is 4.42 Å². The first-order valence-electron chi connectivity index (χ1n) is 7.18. The van der Waals surface area contributed by atoms with Crippen LogP contribution < -0.4 is 0 Å². The predicted octanol–water partition coefficient (Wildman–Crippen LogP) is 4.52. The van der Waals surface area contributed by atoms with Crippen LogP contribution in [0.15, 0.2) is 52.1 Å². The molecule has 1 heterocycles. The normalized spacial score (nSPS) is 10.5. The molecule has 0 aliphatic carbocycles. The number of rotatable bonds is 4. The highest BCUT2D eigenvalue weighted by atomic mass is 32.2. The van der Waals surface area contributed by atoms with E-state index in [1.165, 1.54) is 22.9 Å². The third-order valence-electron chi connectivity index (χ3n) is 3.32. The summed E-state index contributed by atoms with van der Waals surface area (Å²) in [5, 5.41) is 17.6. The summed E-state index contributed by atoms with van der Waals surface area (Å²) < 4.78 is 5.73. The molecule has 114 valence electrons. The van der Waals surface area contributed by atoms with Crippen molar-refractivity contribution in [2.75, 3.05) is 0 Å². The van der Waals surface area contributed by atoms with E-state index in [4.69, 9.17) is 9.68 Å². The molecule has 0 bridgehead atoms. The lowest BCUT2D eigenvalue weighted by Gasteiger charge is -2.00. The van der Waals surface area contributed by atoms with Crippen LogP contribution in [0.1, 0.15) is 22.3 Å². The number of nitriles is 1. The maximum Gasteiger partial charge on any atom is 0.277 e. The molecule has 23 heavy (non-hydrogen) atoms. The van der Waals surface area contributed by atoms with E-state index < -0.39 is 0 Å². The van der Waals surface area contributed by atoms with Gasteiger partial charge in [0, 0.05) is 11.3 Å². The molecule has 0 fully saturated rings. The second kappa shape index (κ2) is 6.67. The van der Waals surface area contributed by atoms with E-state index in [1.807, 2.05) is 50.2 Å². The summed E-state index contributed by atoms with van der Waals surface area (Å²) in [5.74, 6) is 1.26. The number of nitrogens with zero attached hydrogens (tertiary/aromatic N) is 3. The van der Waals surface area contributed by atoms with Gasteiger partial charge in [-0.25, -0.2) is 0 Å². The summed E-state index contributed by atoms with van der Waals surface area (Å²) in [6.07, 6.45) is 0. The van der Waals surface area contributed by atoms with Gasteiger partial charge in [-0.15, -0.1) is 10.2 Å². The molecule has 0 atom stereocenters. The Morgan fingerprint density at radius 2 is 1.74 bits per heavy atom. The van der Waals surface area contributed by atoms with Crippen LogP contribution in [-0.4, -0.2) is 10.2 Å². The van der Waals surface area contributed by atoms with Crippen molar-refractivity contribution in [3.05, 3.63) is 64.7 Å². The summed E-state index contributed by atoms with van der Waals surface area (Å²) in [6.45, 7) is 4.10. The van der Waals surface area contributed by atoms with Gasteiger partial charge in [0.15, 0.2) is 0 Å². The minimum absolute atomic E-state index is 0.541. The maximum absolute atomic E-state index is 8.80. The number of aryl methyl sites for hydroxylation is 2. The summed E-state index contributed by atoms with van der Waals surface area (Å²) in [7, 11) is 0. The Morgan fingerprint density at radius 1 is 1.04 bits per heavy atom. The second-order valence-electron chi connectivity index (χ2n) is 5.35. The Balaban J connectivity index is 1.70. The lowest BCUT2D eigenvalue weighted by atomic mass is 10.1. The SMILES string of the molecule is Cc1cc(C)cc(-c2nnc(SCc3ccc(C#N)cc3)o2)c1. The fourth-order valence-electron chi connectivity index (χ4n) is 2.30. The molecule has 0 amide bonds. The second-order valence-corrected chi connectivity index (χ2v) is 6.27. The van der Waals surface area contributed by atoms with Crippen LogP contribution in [-0.2, 0) is 5.75 Å². The molecule has 2 aromatic carbocycles. The Kier molecular flexibility index (Phi) is 4.45. The molecular formula is C18H15N3OS. The van der Waals surface area contributed by atoms with Crippen LogP contribution in [0.3, 0.4) is 0 Å². The standard InChI is InChI=1S/C18H15N3OS/c1-12-7-13(2)9-16(8-12)17-20-21-18(22-17)23-11-15-5-3-14(10-19)4-6-15/h3-9H,11H2,1-2H3. The van der Waals surface area contributed by atoms with Crippen LogP contribution in [0.25, 0.3) is 11.5 Å². The van der Waals surface area contributed by atoms with Crippen molar-refractivity contribution in [2.45, 2.75) is 24.8 Å². The fourth-order valence-corrected chi connectivity index (χ4v) is 3.02. The van der Waals surface area contributed by atoms with Crippen molar-refractivity contribution in [3.63, 3.8) is 0 Å². The molecule has 0 unspecified atom stereocenters. The van der Waals surface area contributed by atoms with Gasteiger partial charge in [0.05, 0.1) is 11.6 Å². The summed E-state index contributed by atoms with van der Waals surface area (Å²) >= 11 is 1.49. The van der Waals surface area contributed by atoms with E-state index in [0.717, 1.165) is 16.9 Å². The zero-order chi connectivity index (χ0) is 16.2. The van der Waals surface area contributed by atoms with Gasteiger partial charge in [-0.05, 0) is 43.7 Å². The van der Waals surface area contributed by atoms with Gasteiger partial charge in [-0.2, -0.15) is 5.26 Å². The van der Waals surface area contributed by atoms with Crippen molar-refractivity contribution in [1.82, 2.24) is 10.2 Å². The topological polar surface area (TPSA) is 62.7 Å². The highest BCUT2D eigenvalue weighted by Crippen LogP contribution is 2.26. The van der Waals surface area contributed by atoms with E-state index in [2.05, 4.69) is 22.3 Å². The molecule has 0 saturated heterocycles. The lowest BCUT2D eigenvalue weighted by molar-refractivity contribution is 0.466. The molecular weight excluding hydrogens is 306 g/mol. The van der Waals surface area contributed by atoms with Crippen molar-refractivity contribution in [1.29, 1.82) is 5.26 Å². The number of benzene rings is 2. The van der Waals surface area contributed by atoms with Crippen LogP contribution in [0, 0.1) is 25.2 Å². The van der Waals surface area contributed by atoms with Gasteiger partial charge in [-0.1, -0.05) is 41.1 Å². The quantitative estimate of drug-likeness (QED) is 0.661. The minimum Gasteiger partial charge on any atom is -0.411 e. The first-order valence-corrected chi connectivity index (χ1v) is 8.16. The molecule has 0 aliphatic heterocycles. The van der Waals surface area contributed by atoms with E-state index in [1.54, 1.807) is 0 Å². The maximum atomic E-state index is 8.80. The van der Waals surface area contributed by atoms with Gasteiger partial charge in [-0.3, -0.25) is 0 Å². The Morgan fingerprint density at radius 3 is 2.39 bits per heavy atom. The first kappa shape index (κ1) is 15.3. The smallest absolute Gasteiger partial charge is 0.277 e. The molecule has 0 radical (unpaired) electrons. The molecule has 0 saturated carbocycles. The van der Waals surface area contributed by atoms with Gasteiger partial charge in [0.2, 0.25) is 5.89 Å². The molecule has 0 aliphatic rings. The van der Waals surface area contributed by atoms with E-state index in [0.29, 0.717) is 16.7 Å². The zero-order valence-corrected chi connectivity index (χ0v) is 13.7. The van der Waals surface area contributed by atoms with E-state index in [9.17, 15) is 0 Å². The highest BCUT2D eigenvalue weighted by molar-refractivity contribution is 7.98. The van der Waals surface area contributed by atoms with Crippen LogP contribution in [0.4, 0.5) is 0 Å². The molecule has 0 N–H and O–H groups in total. The van der Waals surface area contributed by atoms with Gasteiger partial charge < -0.3 is 4.42 Å². The monoisotopic (exact) mass is 321 g/mol. The molecule has 3 rings (SSSR count). The Bertz CT molecular complexity index is 842. The Labute approximate surface area is 139 Å². The lowest BCUT2D eigenvalue weighted by Crippen LogP contribution is -1.82. The third kappa shape index (κ3) is 3.79. The predicted molar refractivity (Wildman–Crippen MR) is 89.9 cm³/mol. The summed E-state index contributed by atoms with van der Waals surface area (Å²) in [5.41, 5.74) is 5.06. The van der Waals surface area contributed by atoms with Crippen LogP contribution >= 0.6 is 11.8 Å². The number of thioether (sulfide) groups is 1. The number of hydrogen-bond donors (Lipinski definition) is 0. The van der Waals surface area contributed by atoms with E-state index >= 15 is 0 Å². The molecule has 5 heteroatoms. The highest BCUT2D eigenvalue weighted by Gasteiger charge is 2.10. The van der Waals surface area contributed by atoms with Crippen LogP contribution in [0.5, 0.6) is 0 Å². The first-order chi connectivity index (χ1) is 11.1. The van der Waals surface area contributed by atoms with Crippen LogP contribution in [0.2, 0.25) is 0 Å². The molecule has 3 aromatic rings. The zero-order valence-electron chi connectivity index (χ0n) is 12.9. The average Bonchev–Trinajstić information content (AvgIpc) is 3.01. The fraction of sp³-hybridized carbons (Fsp3) is 0.167. The largest absolute Gasteiger partial charge is 0.411 e. The van der Waals surface area contributed by atoms with Crippen molar-refractivity contribution >= 4 is 11.8 Å². The molecule has 1 aromatic heterocycles. The van der Waals surface area contributed by atoms with Gasteiger partial charge in [0.25, 0.3) is 5.22 Å². The number of hydrogen-bond acceptors (Lipinski definition) is 5. The average molecular weight is 321 g/mol. The summed E-state index contributed by atoms with van der Waals surface area (Å²) in [4.78, 5) is 0. The Hall–Kier alpha value is -2.58. The summed E-state index contributed by atoms with van der Waals surface area (Å²) in [6, 6.07) is 15.8.